The van der Waals surface area contributed by atoms with Crippen molar-refractivity contribution in [3.63, 3.8) is 0 Å². The Morgan fingerprint density at radius 2 is 1.59 bits per heavy atom. The number of esters is 1. The number of hydrogen-bond donors (Lipinski definition) is 2. The summed E-state index contributed by atoms with van der Waals surface area (Å²) in [5.41, 5.74) is 0. The lowest BCUT2D eigenvalue weighted by molar-refractivity contribution is -0.149. The molecule has 0 aromatic carbocycles. The maximum atomic E-state index is 12.6. The van der Waals surface area contributed by atoms with Gasteiger partial charge in [-0.2, -0.15) is 0 Å². The highest BCUT2D eigenvalue weighted by molar-refractivity contribution is 8.64. The maximum absolute atomic E-state index is 12.6. The average molecular weight is 440 g/mol. The van der Waals surface area contributed by atoms with Gasteiger partial charge in [-0.15, -0.1) is 0 Å². The predicted molar refractivity (Wildman–Crippen MR) is 113 cm³/mol. The third-order valence-corrected chi connectivity index (χ3v) is 7.42. The van der Waals surface area contributed by atoms with Crippen molar-refractivity contribution in [2.75, 3.05) is 25.3 Å². The molecule has 156 valence electrons. The van der Waals surface area contributed by atoms with Crippen LogP contribution in [0, 0.1) is 11.8 Å². The molecule has 0 saturated carbocycles. The molecule has 0 saturated heterocycles. The third kappa shape index (κ3) is 11.0. The second-order valence-corrected chi connectivity index (χ2v) is 12.1. The molecule has 7 nitrogen and oxygen atoms in total. The molecule has 0 aliphatic rings. The van der Waals surface area contributed by atoms with E-state index >= 15 is 0 Å². The highest BCUT2D eigenvalue weighted by Crippen LogP contribution is 2.37. The lowest BCUT2D eigenvalue weighted by Gasteiger charge is -2.26. The third-order valence-electron chi connectivity index (χ3n) is 3.51. The molecule has 0 aromatic rings. The van der Waals surface area contributed by atoms with Crippen molar-refractivity contribution in [1.82, 2.24) is 10.6 Å². The van der Waals surface area contributed by atoms with Gasteiger partial charge in [0.15, 0.2) is 11.8 Å². The Morgan fingerprint density at radius 3 is 2.07 bits per heavy atom. The van der Waals surface area contributed by atoms with Crippen molar-refractivity contribution in [2.45, 2.75) is 53.6 Å². The molecule has 1 unspecified atom stereocenters. The van der Waals surface area contributed by atoms with E-state index in [9.17, 15) is 14.4 Å². The molecule has 0 fully saturated rings. The zero-order chi connectivity index (χ0) is 21.0. The lowest BCUT2D eigenvalue weighted by atomic mass is 10.0. The summed E-state index contributed by atoms with van der Waals surface area (Å²) in [5, 5.41) is 5.45. The largest absolute Gasteiger partial charge is 0.464 e. The van der Waals surface area contributed by atoms with Crippen LogP contribution >= 0.6 is 17.3 Å². The van der Waals surface area contributed by atoms with Gasteiger partial charge in [-0.05, 0) is 25.7 Å². The van der Waals surface area contributed by atoms with Crippen LogP contribution < -0.4 is 10.6 Å². The molecule has 0 heterocycles. The summed E-state index contributed by atoms with van der Waals surface area (Å²) in [5.74, 6) is -2.09. The normalized spacial score (nSPS) is 13.9. The van der Waals surface area contributed by atoms with E-state index in [1.54, 1.807) is 6.92 Å². The van der Waals surface area contributed by atoms with Crippen molar-refractivity contribution in [1.29, 1.82) is 0 Å². The molecule has 10 heteroatoms. The van der Waals surface area contributed by atoms with Crippen LogP contribution in [-0.4, -0.2) is 55.2 Å². The molecule has 27 heavy (non-hydrogen) atoms. The maximum Gasteiger partial charge on any atom is 0.328 e. The van der Waals surface area contributed by atoms with E-state index in [0.717, 1.165) is 0 Å². The van der Waals surface area contributed by atoms with E-state index in [4.69, 9.17) is 21.3 Å². The van der Waals surface area contributed by atoms with Gasteiger partial charge in [-0.1, -0.05) is 27.7 Å². The van der Waals surface area contributed by atoms with Crippen molar-refractivity contribution in [3.05, 3.63) is 0 Å². The number of ether oxygens (including phenoxy) is 2. The van der Waals surface area contributed by atoms with Crippen molar-refractivity contribution in [3.8, 4) is 0 Å². The van der Waals surface area contributed by atoms with Crippen LogP contribution in [-0.2, 0) is 35.7 Å². The van der Waals surface area contributed by atoms with E-state index in [2.05, 4.69) is 10.6 Å². The molecule has 0 spiro atoms. The monoisotopic (exact) mass is 439 g/mol. The Hall–Kier alpha value is -0.760. The van der Waals surface area contributed by atoms with Gasteiger partial charge in [0.2, 0.25) is 18.2 Å². The molecule has 0 bridgehead atoms. The highest BCUT2D eigenvalue weighted by Gasteiger charge is 2.31. The molecule has 0 aliphatic heterocycles. The SMILES string of the molecule is CCOC[P+](=S)SCC(=O)N[C@H](C(=O)N[C@H](C(=O)OCC)C(C)C)C(C)C. The number of carbonyl (C=O) groups excluding carboxylic acids is 3. The highest BCUT2D eigenvalue weighted by atomic mass is 32.9. The van der Waals surface area contributed by atoms with Crippen LogP contribution in [0.1, 0.15) is 41.5 Å². The minimum atomic E-state index is -0.855. The van der Waals surface area contributed by atoms with Gasteiger partial charge in [-0.3, -0.25) is 9.59 Å². The summed E-state index contributed by atoms with van der Waals surface area (Å²) in [4.78, 5) is 36.9. The molecule has 0 rings (SSSR count). The fraction of sp³-hybridized carbons (Fsp3) is 0.824. The molecular weight excluding hydrogens is 407 g/mol. The number of nitrogens with one attached hydrogen (secondary N) is 2. The van der Waals surface area contributed by atoms with E-state index in [1.165, 1.54) is 11.4 Å². The van der Waals surface area contributed by atoms with Crippen LogP contribution in [0.5, 0.6) is 0 Å². The standard InChI is InChI=1S/C17H31N2O5PS2/c1-7-23-10-25(26)27-9-13(20)18-14(11(3)4)16(21)19-15(12(5)6)17(22)24-8-2/h11-12,14-15H,7-10H2,1-6H3,(H-,18,19,20,21)/p+1/t14-,15-/m0/s1. The minimum Gasteiger partial charge on any atom is -0.464 e. The lowest BCUT2D eigenvalue weighted by Crippen LogP contribution is -2.55. The van der Waals surface area contributed by atoms with E-state index in [-0.39, 0.29) is 30.1 Å². The Labute approximate surface area is 172 Å². The summed E-state index contributed by atoms with van der Waals surface area (Å²) in [6, 6.07) is -1.49. The quantitative estimate of drug-likeness (QED) is 0.336. The molecular formula is C17H32N2O5PS2+. The number of amides is 2. The zero-order valence-electron chi connectivity index (χ0n) is 16.9. The van der Waals surface area contributed by atoms with Gasteiger partial charge in [0.05, 0.1) is 6.61 Å². The summed E-state index contributed by atoms with van der Waals surface area (Å²) in [6.45, 7) is 11.8. The first kappa shape index (κ1) is 26.2. The first-order valence-electron chi connectivity index (χ1n) is 9.05. The fourth-order valence-electron chi connectivity index (χ4n) is 2.06. The molecule has 0 radical (unpaired) electrons. The van der Waals surface area contributed by atoms with Crippen molar-refractivity contribution >= 4 is 46.9 Å². The average Bonchev–Trinajstić information content (AvgIpc) is 2.59. The Morgan fingerprint density at radius 1 is 1.00 bits per heavy atom. The van der Waals surface area contributed by atoms with Gasteiger partial charge in [0.25, 0.3) is 5.90 Å². The number of carbonyl (C=O) groups is 3. The summed E-state index contributed by atoms with van der Waals surface area (Å²) in [6.07, 6.45) is 0.461. The molecule has 0 aromatic heterocycles. The van der Waals surface area contributed by atoms with Gasteiger partial charge in [0, 0.05) is 6.61 Å². The minimum absolute atomic E-state index is 0.130. The van der Waals surface area contributed by atoms with Gasteiger partial charge < -0.3 is 20.1 Å². The summed E-state index contributed by atoms with van der Waals surface area (Å²) in [7, 11) is 0. The van der Waals surface area contributed by atoms with Gasteiger partial charge in [0.1, 0.15) is 29.2 Å². The van der Waals surface area contributed by atoms with Crippen LogP contribution in [0.15, 0.2) is 0 Å². The molecule has 3 atom stereocenters. The van der Waals surface area contributed by atoms with Crippen LogP contribution in [0.25, 0.3) is 0 Å². The van der Waals surface area contributed by atoms with Crippen LogP contribution in [0.2, 0.25) is 0 Å². The van der Waals surface area contributed by atoms with Gasteiger partial charge >= 0.3 is 5.97 Å². The van der Waals surface area contributed by atoms with Crippen LogP contribution in [0.3, 0.4) is 0 Å². The second-order valence-electron chi connectivity index (χ2n) is 6.50. The molecule has 2 amide bonds. The van der Waals surface area contributed by atoms with E-state index in [1.807, 2.05) is 34.6 Å². The van der Waals surface area contributed by atoms with Crippen LogP contribution in [0.4, 0.5) is 0 Å². The molecule has 2 N–H and O–H groups in total. The fourth-order valence-corrected chi connectivity index (χ4v) is 4.74. The molecule has 0 aliphatic carbocycles. The zero-order valence-corrected chi connectivity index (χ0v) is 19.5. The smallest absolute Gasteiger partial charge is 0.328 e. The van der Waals surface area contributed by atoms with E-state index in [0.29, 0.717) is 13.0 Å². The summed E-state index contributed by atoms with van der Waals surface area (Å²) >= 11 is 6.63. The topological polar surface area (TPSA) is 93.7 Å². The van der Waals surface area contributed by atoms with Gasteiger partial charge in [-0.25, -0.2) is 4.79 Å². The van der Waals surface area contributed by atoms with Crippen molar-refractivity contribution < 1.29 is 23.9 Å². The Balaban J connectivity index is 4.80. The first-order chi connectivity index (χ1) is 12.6. The predicted octanol–water partition coefficient (Wildman–Crippen LogP) is 2.42. The van der Waals surface area contributed by atoms with E-state index < -0.39 is 29.9 Å². The Kier molecular flexibility index (Phi) is 13.9. The number of hydrogen-bond acceptors (Lipinski definition) is 7. The second kappa shape index (κ2) is 14.3. The number of rotatable bonds is 13. The Bertz CT molecular complexity index is 518. The summed E-state index contributed by atoms with van der Waals surface area (Å²) < 4.78 is 10.3. The first-order valence-corrected chi connectivity index (χ1v) is 13.2. The van der Waals surface area contributed by atoms with Crippen molar-refractivity contribution in [2.24, 2.45) is 11.8 Å².